The number of nitriles is 1. The van der Waals surface area contributed by atoms with E-state index < -0.39 is 0 Å². The number of hydrogen-bond donors (Lipinski definition) is 0. The zero-order valence-electron chi connectivity index (χ0n) is 11.0. The first-order valence-corrected chi connectivity index (χ1v) is 6.28. The van der Waals surface area contributed by atoms with Crippen LogP contribution in [0.2, 0.25) is 0 Å². The van der Waals surface area contributed by atoms with Gasteiger partial charge in [-0.05, 0) is 19.1 Å². The van der Waals surface area contributed by atoms with Crippen LogP contribution in [0.25, 0.3) is 16.9 Å². The van der Waals surface area contributed by atoms with Gasteiger partial charge in [0.05, 0.1) is 5.69 Å². The second-order valence-electron chi connectivity index (χ2n) is 4.51. The highest BCUT2D eigenvalue weighted by atomic mass is 15.4. The van der Waals surface area contributed by atoms with Crippen molar-refractivity contribution in [2.24, 2.45) is 0 Å². The van der Waals surface area contributed by atoms with Crippen molar-refractivity contribution in [3.63, 3.8) is 0 Å². The lowest BCUT2D eigenvalue weighted by molar-refractivity contribution is 0.807. The summed E-state index contributed by atoms with van der Waals surface area (Å²) >= 11 is 0. The largest absolute Gasteiger partial charge is 0.211 e. The fraction of sp³-hybridized carbons (Fsp3) is 0.0625. The third-order valence-electron chi connectivity index (χ3n) is 3.10. The van der Waals surface area contributed by atoms with E-state index in [9.17, 15) is 5.26 Å². The van der Waals surface area contributed by atoms with Crippen molar-refractivity contribution < 1.29 is 0 Å². The van der Waals surface area contributed by atoms with Crippen LogP contribution >= 0.6 is 0 Å². The first kappa shape index (κ1) is 12.1. The van der Waals surface area contributed by atoms with Crippen LogP contribution in [0.1, 0.15) is 11.3 Å². The molecule has 0 unspecified atom stereocenters. The second-order valence-corrected chi connectivity index (χ2v) is 4.51. The van der Waals surface area contributed by atoms with Gasteiger partial charge in [0.2, 0.25) is 0 Å². The van der Waals surface area contributed by atoms with Crippen molar-refractivity contribution in [1.29, 1.82) is 5.26 Å². The highest BCUT2D eigenvalue weighted by Gasteiger charge is 2.15. The molecule has 1 aromatic heterocycles. The summed E-state index contributed by atoms with van der Waals surface area (Å²) in [5, 5.41) is 17.3. The van der Waals surface area contributed by atoms with E-state index in [0.29, 0.717) is 5.69 Å². The van der Waals surface area contributed by atoms with Gasteiger partial charge in [0.15, 0.2) is 5.69 Å². The van der Waals surface area contributed by atoms with E-state index in [1.54, 1.807) is 4.68 Å². The van der Waals surface area contributed by atoms with Crippen molar-refractivity contribution in [3.05, 3.63) is 65.9 Å². The second kappa shape index (κ2) is 4.98. The fourth-order valence-electron chi connectivity index (χ4n) is 2.08. The Hall–Kier alpha value is -2.93. The first-order chi connectivity index (χ1) is 9.79. The molecule has 3 rings (SSSR count). The van der Waals surface area contributed by atoms with E-state index in [-0.39, 0.29) is 0 Å². The van der Waals surface area contributed by atoms with Crippen molar-refractivity contribution in [2.45, 2.75) is 6.92 Å². The molecule has 96 valence electrons. The van der Waals surface area contributed by atoms with E-state index in [0.717, 1.165) is 16.9 Å². The number of aromatic nitrogens is 3. The Morgan fingerprint density at radius 1 is 1.00 bits per heavy atom. The van der Waals surface area contributed by atoms with E-state index in [1.165, 1.54) is 5.56 Å². The van der Waals surface area contributed by atoms with E-state index in [2.05, 4.69) is 16.4 Å². The van der Waals surface area contributed by atoms with Crippen LogP contribution in [-0.2, 0) is 0 Å². The number of hydrogen-bond acceptors (Lipinski definition) is 3. The van der Waals surface area contributed by atoms with Gasteiger partial charge in [-0.3, -0.25) is 0 Å². The van der Waals surface area contributed by atoms with Gasteiger partial charge in [0, 0.05) is 5.56 Å². The van der Waals surface area contributed by atoms with Gasteiger partial charge in [-0.2, -0.15) is 5.26 Å². The number of nitrogens with zero attached hydrogens (tertiary/aromatic N) is 4. The highest BCUT2D eigenvalue weighted by Crippen LogP contribution is 2.25. The molecular formula is C16H12N4. The molecule has 0 N–H and O–H groups in total. The van der Waals surface area contributed by atoms with Gasteiger partial charge in [-0.25, -0.2) is 4.68 Å². The molecule has 0 fully saturated rings. The maximum atomic E-state index is 9.23. The standard InChI is InChI=1S/C16H12N4/c1-12-7-9-13(10-8-12)16-15(11-17)18-19-20(16)14-5-3-2-4-6-14/h2-10H,1H3. The van der Waals surface area contributed by atoms with Gasteiger partial charge in [-0.1, -0.05) is 53.2 Å². The smallest absolute Gasteiger partial charge is 0.191 e. The van der Waals surface area contributed by atoms with Gasteiger partial charge in [-0.15, -0.1) is 5.10 Å². The summed E-state index contributed by atoms with van der Waals surface area (Å²) in [6.45, 7) is 2.03. The zero-order valence-corrected chi connectivity index (χ0v) is 11.0. The van der Waals surface area contributed by atoms with Crippen molar-refractivity contribution in [2.75, 3.05) is 0 Å². The monoisotopic (exact) mass is 260 g/mol. The molecule has 20 heavy (non-hydrogen) atoms. The van der Waals surface area contributed by atoms with Gasteiger partial charge >= 0.3 is 0 Å². The Bertz CT molecular complexity index is 764. The molecule has 3 aromatic rings. The average molecular weight is 260 g/mol. The van der Waals surface area contributed by atoms with Crippen LogP contribution in [0.3, 0.4) is 0 Å². The molecule has 0 bridgehead atoms. The van der Waals surface area contributed by atoms with Gasteiger partial charge in [0.25, 0.3) is 0 Å². The molecule has 0 radical (unpaired) electrons. The molecule has 0 aliphatic carbocycles. The van der Waals surface area contributed by atoms with Gasteiger partial charge in [0.1, 0.15) is 11.8 Å². The summed E-state index contributed by atoms with van der Waals surface area (Å²) in [7, 11) is 0. The lowest BCUT2D eigenvalue weighted by Crippen LogP contribution is -1.99. The lowest BCUT2D eigenvalue weighted by atomic mass is 10.1. The summed E-state index contributed by atoms with van der Waals surface area (Å²) in [6, 6.07) is 19.8. The zero-order chi connectivity index (χ0) is 13.9. The summed E-state index contributed by atoms with van der Waals surface area (Å²) in [6.07, 6.45) is 0. The Morgan fingerprint density at radius 2 is 1.70 bits per heavy atom. The Labute approximate surface area is 116 Å². The van der Waals surface area contributed by atoms with Crippen LogP contribution in [0.5, 0.6) is 0 Å². The normalized spacial score (nSPS) is 10.2. The van der Waals surface area contributed by atoms with E-state index in [1.807, 2.05) is 61.5 Å². The number of para-hydroxylation sites is 1. The predicted molar refractivity (Wildman–Crippen MR) is 76.2 cm³/mol. The summed E-state index contributed by atoms with van der Waals surface area (Å²) in [5.41, 5.74) is 4.04. The molecule has 0 saturated heterocycles. The minimum Gasteiger partial charge on any atom is -0.211 e. The Balaban J connectivity index is 2.21. The maximum Gasteiger partial charge on any atom is 0.191 e. The molecule has 1 heterocycles. The lowest BCUT2D eigenvalue weighted by Gasteiger charge is -2.06. The summed E-state index contributed by atoms with van der Waals surface area (Å²) in [4.78, 5) is 0. The third-order valence-corrected chi connectivity index (χ3v) is 3.10. The topological polar surface area (TPSA) is 54.5 Å². The average Bonchev–Trinajstić information content (AvgIpc) is 2.93. The summed E-state index contributed by atoms with van der Waals surface area (Å²) < 4.78 is 1.70. The third kappa shape index (κ3) is 2.06. The van der Waals surface area contributed by atoms with Crippen LogP contribution in [-0.4, -0.2) is 15.0 Å². The van der Waals surface area contributed by atoms with Crippen LogP contribution in [0.4, 0.5) is 0 Å². The highest BCUT2D eigenvalue weighted by molar-refractivity contribution is 5.67. The SMILES string of the molecule is Cc1ccc(-c2c(C#N)nnn2-c2ccccc2)cc1. The summed E-state index contributed by atoms with van der Waals surface area (Å²) in [5.74, 6) is 0. The molecule has 0 aliphatic heterocycles. The van der Waals surface area contributed by atoms with E-state index >= 15 is 0 Å². The molecule has 2 aromatic carbocycles. The molecule has 4 heteroatoms. The minimum absolute atomic E-state index is 0.331. The van der Waals surface area contributed by atoms with Crippen molar-refractivity contribution in [3.8, 4) is 23.0 Å². The molecular weight excluding hydrogens is 248 g/mol. The van der Waals surface area contributed by atoms with Crippen LogP contribution in [0, 0.1) is 18.3 Å². The number of rotatable bonds is 2. The quantitative estimate of drug-likeness (QED) is 0.711. The molecule has 0 spiro atoms. The predicted octanol–water partition coefficient (Wildman–Crippen LogP) is 3.11. The molecule has 0 amide bonds. The van der Waals surface area contributed by atoms with Crippen LogP contribution < -0.4 is 0 Å². The van der Waals surface area contributed by atoms with Gasteiger partial charge < -0.3 is 0 Å². The molecule has 0 aliphatic rings. The first-order valence-electron chi connectivity index (χ1n) is 6.28. The molecule has 4 nitrogen and oxygen atoms in total. The molecule has 0 saturated carbocycles. The van der Waals surface area contributed by atoms with Crippen molar-refractivity contribution >= 4 is 0 Å². The Morgan fingerprint density at radius 3 is 2.35 bits per heavy atom. The number of benzene rings is 2. The maximum absolute atomic E-state index is 9.23. The van der Waals surface area contributed by atoms with Crippen LogP contribution in [0.15, 0.2) is 54.6 Å². The van der Waals surface area contributed by atoms with E-state index in [4.69, 9.17) is 0 Å². The Kier molecular flexibility index (Phi) is 3.02. The minimum atomic E-state index is 0.331. The molecule has 0 atom stereocenters. The number of aryl methyl sites for hydroxylation is 1. The fourth-order valence-corrected chi connectivity index (χ4v) is 2.08. The van der Waals surface area contributed by atoms with Crippen molar-refractivity contribution in [1.82, 2.24) is 15.0 Å².